The molecule has 0 fully saturated rings. The zero-order valence-electron chi connectivity index (χ0n) is 11.9. The summed E-state index contributed by atoms with van der Waals surface area (Å²) < 4.78 is 10.3. The molecule has 0 spiro atoms. The van der Waals surface area contributed by atoms with Crippen LogP contribution in [0.3, 0.4) is 0 Å². The Morgan fingerprint density at radius 1 is 1.14 bits per heavy atom. The number of hydrogen-bond acceptors (Lipinski definition) is 4. The summed E-state index contributed by atoms with van der Waals surface area (Å²) in [5, 5.41) is 2.01. The van der Waals surface area contributed by atoms with Crippen molar-refractivity contribution >= 4 is 23.2 Å². The molecule has 108 valence electrons. The summed E-state index contributed by atoms with van der Waals surface area (Å²) in [6, 6.07) is 9.14. The van der Waals surface area contributed by atoms with E-state index in [0.717, 1.165) is 4.88 Å². The van der Waals surface area contributed by atoms with Crippen molar-refractivity contribution in [3.8, 4) is 11.5 Å². The Hall–Kier alpha value is -2.33. The van der Waals surface area contributed by atoms with Gasteiger partial charge in [0.1, 0.15) is 11.5 Å². The third-order valence-corrected chi connectivity index (χ3v) is 3.67. The van der Waals surface area contributed by atoms with Crippen LogP contribution in [0.25, 0.3) is 6.08 Å². The Balaban J connectivity index is 2.09. The first-order chi connectivity index (χ1) is 10.2. The van der Waals surface area contributed by atoms with Crippen LogP contribution in [0.15, 0.2) is 53.9 Å². The van der Waals surface area contributed by atoms with E-state index in [0.29, 0.717) is 17.1 Å². The largest absolute Gasteiger partial charge is 0.497 e. The second-order valence-electron chi connectivity index (χ2n) is 4.16. The van der Waals surface area contributed by atoms with Crippen molar-refractivity contribution in [2.75, 3.05) is 14.2 Å². The van der Waals surface area contributed by atoms with Crippen LogP contribution in [0.1, 0.15) is 15.2 Å². The van der Waals surface area contributed by atoms with E-state index in [1.165, 1.54) is 13.2 Å². The topological polar surface area (TPSA) is 35.5 Å². The predicted molar refractivity (Wildman–Crippen MR) is 86.4 cm³/mol. The van der Waals surface area contributed by atoms with Gasteiger partial charge in [-0.25, -0.2) is 0 Å². The quantitative estimate of drug-likeness (QED) is 0.455. The molecule has 0 saturated carbocycles. The lowest BCUT2D eigenvalue weighted by Crippen LogP contribution is -1.99. The highest BCUT2D eigenvalue weighted by Gasteiger charge is 2.10. The van der Waals surface area contributed by atoms with Gasteiger partial charge in [0.15, 0.2) is 5.78 Å². The van der Waals surface area contributed by atoms with Crippen molar-refractivity contribution in [3.05, 3.63) is 64.4 Å². The third-order valence-electron chi connectivity index (χ3n) is 2.84. The van der Waals surface area contributed by atoms with Crippen molar-refractivity contribution < 1.29 is 14.3 Å². The second-order valence-corrected chi connectivity index (χ2v) is 5.14. The van der Waals surface area contributed by atoms with Crippen LogP contribution in [0, 0.1) is 0 Å². The molecule has 2 aromatic rings. The number of ketones is 1. The van der Waals surface area contributed by atoms with Gasteiger partial charge in [0.05, 0.1) is 19.8 Å². The number of allylic oxidation sites excluding steroid dienone is 3. The van der Waals surface area contributed by atoms with Gasteiger partial charge in [-0.1, -0.05) is 18.2 Å². The van der Waals surface area contributed by atoms with E-state index in [4.69, 9.17) is 9.47 Å². The molecule has 3 nitrogen and oxygen atoms in total. The first-order valence-electron chi connectivity index (χ1n) is 6.39. The molecule has 21 heavy (non-hydrogen) atoms. The molecule has 0 aliphatic rings. The van der Waals surface area contributed by atoms with Crippen LogP contribution in [-0.2, 0) is 0 Å². The highest BCUT2D eigenvalue weighted by molar-refractivity contribution is 7.10. The summed E-state index contributed by atoms with van der Waals surface area (Å²) in [6.07, 6.45) is 7.06. The molecule has 0 aliphatic carbocycles. The van der Waals surface area contributed by atoms with E-state index in [1.54, 1.807) is 42.7 Å². The predicted octanol–water partition coefficient (Wildman–Crippen LogP) is 4.22. The lowest BCUT2D eigenvalue weighted by atomic mass is 10.1. The lowest BCUT2D eigenvalue weighted by molar-refractivity contribution is 0.104. The van der Waals surface area contributed by atoms with Gasteiger partial charge in [0.2, 0.25) is 0 Å². The van der Waals surface area contributed by atoms with Gasteiger partial charge in [-0.3, -0.25) is 4.79 Å². The number of carbonyl (C=O) groups is 1. The normalized spacial score (nSPS) is 11.1. The van der Waals surface area contributed by atoms with Crippen LogP contribution in [0.2, 0.25) is 0 Å². The standard InChI is InChI=1S/C17H16O3S/c1-19-13-9-10-15(17(12-13)20-2)16(18)8-4-3-6-14-7-5-11-21-14/h3-12H,1-2H3. The molecular weight excluding hydrogens is 284 g/mol. The van der Waals surface area contributed by atoms with E-state index < -0.39 is 0 Å². The highest BCUT2D eigenvalue weighted by Crippen LogP contribution is 2.25. The molecule has 0 aliphatic heterocycles. The molecular formula is C17H16O3S. The minimum atomic E-state index is -0.106. The maximum absolute atomic E-state index is 12.1. The van der Waals surface area contributed by atoms with Gasteiger partial charge in [-0.2, -0.15) is 0 Å². The van der Waals surface area contributed by atoms with Gasteiger partial charge in [0.25, 0.3) is 0 Å². The summed E-state index contributed by atoms with van der Waals surface area (Å²) in [4.78, 5) is 13.3. The molecule has 1 aromatic carbocycles. The second kappa shape index (κ2) is 7.45. The van der Waals surface area contributed by atoms with E-state index in [9.17, 15) is 4.79 Å². The zero-order chi connectivity index (χ0) is 15.1. The Bertz CT molecular complexity index is 655. The summed E-state index contributed by atoms with van der Waals surface area (Å²) >= 11 is 1.65. The van der Waals surface area contributed by atoms with Gasteiger partial charge in [0, 0.05) is 10.9 Å². The smallest absolute Gasteiger partial charge is 0.189 e. The van der Waals surface area contributed by atoms with Crippen molar-refractivity contribution in [2.45, 2.75) is 0 Å². The number of thiophene rings is 1. The zero-order valence-corrected chi connectivity index (χ0v) is 12.7. The van der Waals surface area contributed by atoms with Crippen LogP contribution in [0.4, 0.5) is 0 Å². The SMILES string of the molecule is COc1ccc(C(=O)C=CC=Cc2cccs2)c(OC)c1. The molecule has 0 unspecified atom stereocenters. The Morgan fingerprint density at radius 3 is 2.67 bits per heavy atom. The fourth-order valence-corrected chi connectivity index (χ4v) is 2.40. The fraction of sp³-hybridized carbons (Fsp3) is 0.118. The third kappa shape index (κ3) is 4.07. The maximum atomic E-state index is 12.1. The van der Waals surface area contributed by atoms with E-state index in [2.05, 4.69) is 0 Å². The maximum Gasteiger partial charge on any atom is 0.189 e. The van der Waals surface area contributed by atoms with E-state index in [1.807, 2.05) is 29.7 Å². The van der Waals surface area contributed by atoms with Crippen LogP contribution in [0.5, 0.6) is 11.5 Å². The molecule has 1 heterocycles. The molecule has 4 heteroatoms. The number of carbonyl (C=O) groups excluding carboxylic acids is 1. The molecule has 0 atom stereocenters. The first kappa shape index (κ1) is 15.1. The van der Waals surface area contributed by atoms with Gasteiger partial charge >= 0.3 is 0 Å². The summed E-state index contributed by atoms with van der Waals surface area (Å²) in [6.45, 7) is 0. The van der Waals surface area contributed by atoms with Crippen molar-refractivity contribution in [3.63, 3.8) is 0 Å². The minimum absolute atomic E-state index is 0.106. The Labute approximate surface area is 128 Å². The molecule has 1 aromatic heterocycles. The van der Waals surface area contributed by atoms with Crippen LogP contribution >= 0.6 is 11.3 Å². The molecule has 0 N–H and O–H groups in total. The van der Waals surface area contributed by atoms with Gasteiger partial charge < -0.3 is 9.47 Å². The summed E-state index contributed by atoms with van der Waals surface area (Å²) in [5.74, 6) is 1.06. The minimum Gasteiger partial charge on any atom is -0.497 e. The lowest BCUT2D eigenvalue weighted by Gasteiger charge is -2.07. The van der Waals surface area contributed by atoms with Gasteiger partial charge in [-0.15, -0.1) is 11.3 Å². The number of rotatable bonds is 6. The average Bonchev–Trinajstić information content (AvgIpc) is 3.04. The summed E-state index contributed by atoms with van der Waals surface area (Å²) in [7, 11) is 3.11. The number of ether oxygens (including phenoxy) is 2. The summed E-state index contributed by atoms with van der Waals surface area (Å²) in [5.41, 5.74) is 0.513. The fourth-order valence-electron chi connectivity index (χ4n) is 1.77. The molecule has 0 radical (unpaired) electrons. The van der Waals surface area contributed by atoms with Crippen molar-refractivity contribution in [1.29, 1.82) is 0 Å². The van der Waals surface area contributed by atoms with E-state index in [-0.39, 0.29) is 5.78 Å². The molecule has 0 amide bonds. The number of methoxy groups -OCH3 is 2. The van der Waals surface area contributed by atoms with E-state index >= 15 is 0 Å². The molecule has 0 saturated heterocycles. The Kier molecular flexibility index (Phi) is 5.35. The number of hydrogen-bond donors (Lipinski definition) is 0. The monoisotopic (exact) mass is 300 g/mol. The van der Waals surface area contributed by atoms with Crippen LogP contribution < -0.4 is 9.47 Å². The first-order valence-corrected chi connectivity index (χ1v) is 7.27. The van der Waals surface area contributed by atoms with Crippen LogP contribution in [-0.4, -0.2) is 20.0 Å². The average molecular weight is 300 g/mol. The molecule has 2 rings (SSSR count). The van der Waals surface area contributed by atoms with Crippen molar-refractivity contribution in [2.24, 2.45) is 0 Å². The van der Waals surface area contributed by atoms with Gasteiger partial charge in [-0.05, 0) is 35.7 Å². The molecule has 0 bridgehead atoms. The Morgan fingerprint density at radius 2 is 2.00 bits per heavy atom. The number of benzene rings is 1. The highest BCUT2D eigenvalue weighted by atomic mass is 32.1. The van der Waals surface area contributed by atoms with Crippen molar-refractivity contribution in [1.82, 2.24) is 0 Å².